The number of ether oxygens (including phenoxy) is 1. The molecule has 2 rings (SSSR count). The van der Waals surface area contributed by atoms with Gasteiger partial charge in [-0.2, -0.15) is 5.10 Å². The van der Waals surface area contributed by atoms with Crippen molar-refractivity contribution in [3.63, 3.8) is 0 Å². The van der Waals surface area contributed by atoms with Crippen molar-refractivity contribution >= 4 is 11.6 Å². The molecule has 0 radical (unpaired) electrons. The van der Waals surface area contributed by atoms with E-state index in [1.807, 2.05) is 14.0 Å². The van der Waals surface area contributed by atoms with Crippen LogP contribution in [0.1, 0.15) is 23.0 Å². The fourth-order valence-electron chi connectivity index (χ4n) is 2.48. The van der Waals surface area contributed by atoms with Gasteiger partial charge in [-0.3, -0.25) is 4.68 Å². The van der Waals surface area contributed by atoms with Crippen LogP contribution in [0.4, 0.5) is 4.39 Å². The third-order valence-corrected chi connectivity index (χ3v) is 4.08. The van der Waals surface area contributed by atoms with Crippen molar-refractivity contribution in [2.75, 3.05) is 14.2 Å². The quantitative estimate of drug-likeness (QED) is 0.922. The van der Waals surface area contributed by atoms with E-state index in [0.717, 1.165) is 11.4 Å². The second kappa shape index (κ2) is 6.45. The Balaban J connectivity index is 2.41. The molecule has 0 saturated heterocycles. The van der Waals surface area contributed by atoms with E-state index < -0.39 is 0 Å². The summed E-state index contributed by atoms with van der Waals surface area (Å²) in [7, 11) is 5.15. The Kier molecular flexibility index (Phi) is 4.85. The van der Waals surface area contributed by atoms with Crippen molar-refractivity contribution in [2.45, 2.75) is 19.4 Å². The maximum absolute atomic E-state index is 14.2. The first-order valence-corrected chi connectivity index (χ1v) is 7.05. The van der Waals surface area contributed by atoms with Crippen LogP contribution in [0.2, 0.25) is 5.02 Å². The van der Waals surface area contributed by atoms with Crippen LogP contribution in [-0.2, 0) is 13.5 Å². The van der Waals surface area contributed by atoms with Crippen molar-refractivity contribution in [1.82, 2.24) is 15.1 Å². The van der Waals surface area contributed by atoms with Crippen molar-refractivity contribution < 1.29 is 9.13 Å². The van der Waals surface area contributed by atoms with Gasteiger partial charge in [0.15, 0.2) is 0 Å². The predicted octanol–water partition coefficient (Wildman–Crippen LogP) is 3.03. The summed E-state index contributed by atoms with van der Waals surface area (Å²) in [4.78, 5) is 0. The van der Waals surface area contributed by atoms with Crippen LogP contribution >= 0.6 is 11.6 Å². The van der Waals surface area contributed by atoms with Crippen molar-refractivity contribution in [2.24, 2.45) is 7.05 Å². The van der Waals surface area contributed by atoms with Crippen molar-refractivity contribution in [1.29, 1.82) is 0 Å². The number of halogens is 2. The number of aryl methyl sites for hydroxylation is 2. The lowest BCUT2D eigenvalue weighted by molar-refractivity contribution is 0.392. The summed E-state index contributed by atoms with van der Waals surface area (Å²) in [6.45, 7) is 1.85. The standard InChI is InChI=1S/C15H19ClFN3O/c1-9-15(16)12(20(3)19-9)8-11(18-2)14-10(17)6-5-7-13(14)21-4/h5-7,11,18H,8H2,1-4H3. The van der Waals surface area contributed by atoms with Crippen LogP contribution in [0.5, 0.6) is 5.75 Å². The van der Waals surface area contributed by atoms with Gasteiger partial charge in [0.05, 0.1) is 23.5 Å². The van der Waals surface area contributed by atoms with E-state index in [1.54, 1.807) is 23.9 Å². The van der Waals surface area contributed by atoms with E-state index in [0.29, 0.717) is 22.8 Å². The summed E-state index contributed by atoms with van der Waals surface area (Å²) >= 11 is 6.28. The van der Waals surface area contributed by atoms with Gasteiger partial charge in [0.25, 0.3) is 0 Å². The maximum atomic E-state index is 14.2. The number of nitrogens with one attached hydrogen (secondary N) is 1. The minimum Gasteiger partial charge on any atom is -0.496 e. The number of aromatic nitrogens is 2. The molecule has 114 valence electrons. The van der Waals surface area contributed by atoms with Crippen LogP contribution in [0, 0.1) is 12.7 Å². The number of hydrogen-bond acceptors (Lipinski definition) is 3. The van der Waals surface area contributed by atoms with E-state index in [4.69, 9.17) is 16.3 Å². The maximum Gasteiger partial charge on any atom is 0.131 e. The normalized spacial score (nSPS) is 12.5. The molecular formula is C15H19ClFN3O. The molecule has 1 aromatic heterocycles. The lowest BCUT2D eigenvalue weighted by Crippen LogP contribution is -2.22. The van der Waals surface area contributed by atoms with Gasteiger partial charge in [-0.25, -0.2) is 4.39 Å². The molecule has 21 heavy (non-hydrogen) atoms. The molecule has 0 amide bonds. The van der Waals surface area contributed by atoms with Crippen LogP contribution in [0.25, 0.3) is 0 Å². The lowest BCUT2D eigenvalue weighted by Gasteiger charge is -2.20. The molecule has 2 aromatic rings. The fraction of sp³-hybridized carbons (Fsp3) is 0.400. The summed E-state index contributed by atoms with van der Waals surface area (Å²) in [5.74, 6) is 0.216. The third-order valence-electron chi connectivity index (χ3n) is 3.59. The van der Waals surface area contributed by atoms with Gasteiger partial charge in [-0.05, 0) is 26.1 Å². The lowest BCUT2D eigenvalue weighted by atomic mass is 10.00. The molecule has 1 N–H and O–H groups in total. The smallest absolute Gasteiger partial charge is 0.131 e. The zero-order chi connectivity index (χ0) is 15.6. The number of nitrogens with zero attached hydrogens (tertiary/aromatic N) is 2. The third kappa shape index (κ3) is 3.04. The molecule has 4 nitrogen and oxygen atoms in total. The molecule has 1 unspecified atom stereocenters. The zero-order valence-corrected chi connectivity index (χ0v) is 13.3. The molecule has 0 spiro atoms. The molecule has 0 aliphatic heterocycles. The van der Waals surface area contributed by atoms with Crippen molar-refractivity contribution in [3.05, 3.63) is 46.0 Å². The first kappa shape index (κ1) is 15.8. The van der Waals surface area contributed by atoms with E-state index in [-0.39, 0.29) is 11.9 Å². The summed E-state index contributed by atoms with van der Waals surface area (Å²) in [5.41, 5.74) is 2.13. The number of methoxy groups -OCH3 is 1. The monoisotopic (exact) mass is 311 g/mol. The molecule has 0 fully saturated rings. The van der Waals surface area contributed by atoms with Crippen LogP contribution in [0.3, 0.4) is 0 Å². The number of rotatable bonds is 5. The molecule has 0 aliphatic carbocycles. The highest BCUT2D eigenvalue weighted by Gasteiger charge is 2.22. The van der Waals surface area contributed by atoms with Crippen LogP contribution in [-0.4, -0.2) is 23.9 Å². The molecule has 0 bridgehead atoms. The number of hydrogen-bond donors (Lipinski definition) is 1. The molecule has 1 heterocycles. The first-order valence-electron chi connectivity index (χ1n) is 6.67. The van der Waals surface area contributed by atoms with Gasteiger partial charge in [0, 0.05) is 25.1 Å². The molecular weight excluding hydrogens is 293 g/mol. The van der Waals surface area contributed by atoms with Gasteiger partial charge in [-0.1, -0.05) is 17.7 Å². The second-order valence-electron chi connectivity index (χ2n) is 4.87. The number of benzene rings is 1. The minimum absolute atomic E-state index is 0.256. The minimum atomic E-state index is -0.302. The van der Waals surface area contributed by atoms with E-state index in [2.05, 4.69) is 10.4 Å². The Morgan fingerprint density at radius 2 is 2.19 bits per heavy atom. The summed E-state index contributed by atoms with van der Waals surface area (Å²) in [6.07, 6.45) is 0.518. The highest BCUT2D eigenvalue weighted by molar-refractivity contribution is 6.31. The number of likely N-dealkylation sites (N-methyl/N-ethyl adjacent to an activating group) is 1. The Morgan fingerprint density at radius 1 is 1.48 bits per heavy atom. The van der Waals surface area contributed by atoms with E-state index in [1.165, 1.54) is 13.2 Å². The highest BCUT2D eigenvalue weighted by Crippen LogP contribution is 2.32. The summed E-state index contributed by atoms with van der Waals surface area (Å²) < 4.78 is 21.2. The van der Waals surface area contributed by atoms with E-state index in [9.17, 15) is 4.39 Å². The predicted molar refractivity (Wildman–Crippen MR) is 81.4 cm³/mol. The molecule has 1 atom stereocenters. The largest absolute Gasteiger partial charge is 0.496 e. The van der Waals surface area contributed by atoms with E-state index >= 15 is 0 Å². The molecule has 0 aliphatic rings. The fourth-order valence-corrected chi connectivity index (χ4v) is 2.71. The summed E-state index contributed by atoms with van der Waals surface area (Å²) in [5, 5.41) is 8.03. The van der Waals surface area contributed by atoms with Gasteiger partial charge >= 0.3 is 0 Å². The molecule has 1 aromatic carbocycles. The van der Waals surface area contributed by atoms with Crippen LogP contribution in [0.15, 0.2) is 18.2 Å². The highest BCUT2D eigenvalue weighted by atomic mass is 35.5. The molecule has 6 heteroatoms. The Morgan fingerprint density at radius 3 is 2.71 bits per heavy atom. The average Bonchev–Trinajstić information content (AvgIpc) is 2.70. The SMILES string of the molecule is CNC(Cc1c(Cl)c(C)nn1C)c1c(F)cccc1OC. The second-order valence-corrected chi connectivity index (χ2v) is 5.25. The van der Waals surface area contributed by atoms with Gasteiger partial charge in [-0.15, -0.1) is 0 Å². The van der Waals surface area contributed by atoms with Crippen LogP contribution < -0.4 is 10.1 Å². The summed E-state index contributed by atoms with van der Waals surface area (Å²) in [6, 6.07) is 4.55. The van der Waals surface area contributed by atoms with Crippen molar-refractivity contribution in [3.8, 4) is 5.75 Å². The topological polar surface area (TPSA) is 39.1 Å². The Labute approximate surface area is 128 Å². The Hall–Kier alpha value is -1.59. The molecule has 0 saturated carbocycles. The zero-order valence-electron chi connectivity index (χ0n) is 12.6. The first-order chi connectivity index (χ1) is 9.99. The Bertz CT molecular complexity index is 642. The van der Waals surface area contributed by atoms with Gasteiger partial charge in [0.2, 0.25) is 0 Å². The van der Waals surface area contributed by atoms with Gasteiger partial charge < -0.3 is 10.1 Å². The van der Waals surface area contributed by atoms with Gasteiger partial charge in [0.1, 0.15) is 11.6 Å². The average molecular weight is 312 g/mol.